The van der Waals surface area contributed by atoms with Crippen molar-refractivity contribution in [2.24, 2.45) is 5.73 Å². The van der Waals surface area contributed by atoms with Crippen LogP contribution in [0, 0.1) is 0 Å². The first-order valence-corrected chi connectivity index (χ1v) is 4.62. The van der Waals surface area contributed by atoms with Gasteiger partial charge >= 0.3 is 0 Å². The van der Waals surface area contributed by atoms with Crippen molar-refractivity contribution in [3.63, 3.8) is 0 Å². The second-order valence-electron chi connectivity index (χ2n) is 3.18. The van der Waals surface area contributed by atoms with Gasteiger partial charge in [-0.1, -0.05) is 6.07 Å². The third-order valence-electron chi connectivity index (χ3n) is 2.01. The molecule has 4 nitrogen and oxygen atoms in total. The first kappa shape index (κ1) is 10.7. The van der Waals surface area contributed by atoms with Gasteiger partial charge in [0.25, 0.3) is 0 Å². The standard InChI is InChI=1S/C10H15N3O/c1-8(13-6-4-10(11)14)9-3-2-5-12-7-9/h2-3,5,7-8,13H,4,6H2,1H3,(H2,11,14). The molecule has 1 aromatic rings. The molecule has 1 atom stereocenters. The van der Waals surface area contributed by atoms with Crippen LogP contribution in [0.25, 0.3) is 0 Å². The van der Waals surface area contributed by atoms with Crippen molar-refractivity contribution >= 4 is 5.91 Å². The number of hydrogen-bond acceptors (Lipinski definition) is 3. The minimum absolute atomic E-state index is 0.197. The number of nitrogens with two attached hydrogens (primary N) is 1. The molecular weight excluding hydrogens is 178 g/mol. The van der Waals surface area contributed by atoms with Crippen LogP contribution in [0.5, 0.6) is 0 Å². The van der Waals surface area contributed by atoms with E-state index in [0.717, 1.165) is 5.56 Å². The van der Waals surface area contributed by atoms with Crippen LogP contribution in [-0.4, -0.2) is 17.4 Å². The molecule has 0 fully saturated rings. The van der Waals surface area contributed by atoms with Gasteiger partial charge in [-0.15, -0.1) is 0 Å². The van der Waals surface area contributed by atoms with Crippen molar-refractivity contribution in [1.82, 2.24) is 10.3 Å². The third-order valence-corrected chi connectivity index (χ3v) is 2.01. The summed E-state index contributed by atoms with van der Waals surface area (Å²) >= 11 is 0. The molecule has 4 heteroatoms. The number of pyridine rings is 1. The highest BCUT2D eigenvalue weighted by Crippen LogP contribution is 2.08. The number of hydrogen-bond donors (Lipinski definition) is 2. The van der Waals surface area contributed by atoms with Crippen LogP contribution in [0.2, 0.25) is 0 Å². The first-order valence-electron chi connectivity index (χ1n) is 4.62. The van der Waals surface area contributed by atoms with Crippen LogP contribution < -0.4 is 11.1 Å². The summed E-state index contributed by atoms with van der Waals surface area (Å²) in [6, 6.07) is 4.08. The zero-order valence-electron chi connectivity index (χ0n) is 8.23. The van der Waals surface area contributed by atoms with E-state index in [1.54, 1.807) is 6.20 Å². The molecule has 1 unspecified atom stereocenters. The van der Waals surface area contributed by atoms with E-state index < -0.39 is 0 Å². The molecule has 3 N–H and O–H groups in total. The van der Waals surface area contributed by atoms with Gasteiger partial charge in [0.1, 0.15) is 0 Å². The van der Waals surface area contributed by atoms with Crippen LogP contribution in [0.3, 0.4) is 0 Å². The highest BCUT2D eigenvalue weighted by atomic mass is 16.1. The SMILES string of the molecule is CC(NCCC(N)=O)c1cccnc1. The zero-order chi connectivity index (χ0) is 10.4. The molecule has 0 radical (unpaired) electrons. The van der Waals surface area contributed by atoms with Crippen molar-refractivity contribution in [2.45, 2.75) is 19.4 Å². The quantitative estimate of drug-likeness (QED) is 0.719. The average molecular weight is 193 g/mol. The van der Waals surface area contributed by atoms with E-state index in [4.69, 9.17) is 5.73 Å². The Morgan fingerprint density at radius 3 is 3.07 bits per heavy atom. The summed E-state index contributed by atoms with van der Waals surface area (Å²) in [5, 5.41) is 3.19. The topological polar surface area (TPSA) is 68.0 Å². The summed E-state index contributed by atoms with van der Waals surface area (Å²) in [6.07, 6.45) is 3.91. The summed E-state index contributed by atoms with van der Waals surface area (Å²) < 4.78 is 0. The third kappa shape index (κ3) is 3.53. The van der Waals surface area contributed by atoms with Crippen molar-refractivity contribution in [1.29, 1.82) is 0 Å². The Morgan fingerprint density at radius 1 is 1.71 bits per heavy atom. The van der Waals surface area contributed by atoms with Gasteiger partial charge in [-0.3, -0.25) is 9.78 Å². The van der Waals surface area contributed by atoms with Crippen LogP contribution in [0.4, 0.5) is 0 Å². The van der Waals surface area contributed by atoms with Gasteiger partial charge in [0.05, 0.1) is 0 Å². The highest BCUT2D eigenvalue weighted by Gasteiger charge is 2.03. The fourth-order valence-corrected chi connectivity index (χ4v) is 1.16. The largest absolute Gasteiger partial charge is 0.370 e. The van der Waals surface area contributed by atoms with Gasteiger partial charge in [0.2, 0.25) is 5.91 Å². The molecule has 1 amide bonds. The second-order valence-corrected chi connectivity index (χ2v) is 3.18. The van der Waals surface area contributed by atoms with Crippen LogP contribution in [-0.2, 0) is 4.79 Å². The maximum atomic E-state index is 10.5. The summed E-state index contributed by atoms with van der Waals surface area (Å²) in [5.74, 6) is -0.282. The van der Waals surface area contributed by atoms with Crippen molar-refractivity contribution in [3.8, 4) is 0 Å². The van der Waals surface area contributed by atoms with E-state index in [-0.39, 0.29) is 11.9 Å². The Balaban J connectivity index is 2.36. The smallest absolute Gasteiger partial charge is 0.218 e. The fourth-order valence-electron chi connectivity index (χ4n) is 1.16. The Kier molecular flexibility index (Phi) is 4.07. The first-order chi connectivity index (χ1) is 6.70. The Morgan fingerprint density at radius 2 is 2.50 bits per heavy atom. The highest BCUT2D eigenvalue weighted by molar-refractivity contribution is 5.73. The minimum Gasteiger partial charge on any atom is -0.370 e. The number of amides is 1. The average Bonchev–Trinajstić information content (AvgIpc) is 2.18. The number of carbonyl (C=O) groups is 1. The molecule has 0 saturated heterocycles. The molecule has 14 heavy (non-hydrogen) atoms. The van der Waals surface area contributed by atoms with E-state index in [1.165, 1.54) is 0 Å². The van der Waals surface area contributed by atoms with Crippen molar-refractivity contribution in [3.05, 3.63) is 30.1 Å². The second kappa shape index (κ2) is 5.34. The molecule has 1 rings (SSSR count). The predicted octanol–water partition coefficient (Wildman–Crippen LogP) is 0.608. The lowest BCUT2D eigenvalue weighted by atomic mass is 10.1. The summed E-state index contributed by atoms with van der Waals surface area (Å²) in [7, 11) is 0. The predicted molar refractivity (Wildman–Crippen MR) is 54.5 cm³/mol. The fraction of sp³-hybridized carbons (Fsp3) is 0.400. The summed E-state index contributed by atoms with van der Waals surface area (Å²) in [5.41, 5.74) is 6.13. The van der Waals surface area contributed by atoms with Crippen molar-refractivity contribution < 1.29 is 4.79 Å². The normalized spacial score (nSPS) is 12.4. The zero-order valence-corrected chi connectivity index (χ0v) is 8.23. The van der Waals surface area contributed by atoms with E-state index in [1.807, 2.05) is 25.3 Å². The molecule has 0 bridgehead atoms. The number of rotatable bonds is 5. The molecule has 1 heterocycles. The number of primary amides is 1. The van der Waals surface area contributed by atoms with Gasteiger partial charge < -0.3 is 11.1 Å². The molecule has 0 spiro atoms. The van der Waals surface area contributed by atoms with E-state index >= 15 is 0 Å². The van der Waals surface area contributed by atoms with Gasteiger partial charge in [-0.2, -0.15) is 0 Å². The van der Waals surface area contributed by atoms with E-state index in [9.17, 15) is 4.79 Å². The lowest BCUT2D eigenvalue weighted by molar-refractivity contribution is -0.117. The van der Waals surface area contributed by atoms with E-state index in [2.05, 4.69) is 10.3 Å². The molecule has 0 aliphatic rings. The number of aromatic nitrogens is 1. The lowest BCUT2D eigenvalue weighted by Gasteiger charge is -2.12. The Bertz CT molecular complexity index is 287. The Hall–Kier alpha value is -1.42. The molecular formula is C10H15N3O. The number of nitrogens with one attached hydrogen (secondary N) is 1. The van der Waals surface area contributed by atoms with E-state index in [0.29, 0.717) is 13.0 Å². The van der Waals surface area contributed by atoms with Gasteiger partial charge in [-0.25, -0.2) is 0 Å². The molecule has 0 aliphatic carbocycles. The monoisotopic (exact) mass is 193 g/mol. The molecule has 0 aromatic carbocycles. The van der Waals surface area contributed by atoms with Gasteiger partial charge in [0, 0.05) is 31.4 Å². The Labute approximate surface area is 83.5 Å². The molecule has 1 aromatic heterocycles. The molecule has 0 saturated carbocycles. The van der Waals surface area contributed by atoms with Gasteiger partial charge in [-0.05, 0) is 18.6 Å². The molecule has 76 valence electrons. The van der Waals surface area contributed by atoms with Crippen molar-refractivity contribution in [2.75, 3.05) is 6.54 Å². The van der Waals surface area contributed by atoms with Crippen LogP contribution in [0.1, 0.15) is 24.9 Å². The number of nitrogens with zero attached hydrogens (tertiary/aromatic N) is 1. The maximum Gasteiger partial charge on any atom is 0.218 e. The summed E-state index contributed by atoms with van der Waals surface area (Å²) in [4.78, 5) is 14.5. The summed E-state index contributed by atoms with van der Waals surface area (Å²) in [6.45, 7) is 2.63. The molecule has 0 aliphatic heterocycles. The van der Waals surface area contributed by atoms with Gasteiger partial charge in [0.15, 0.2) is 0 Å². The lowest BCUT2D eigenvalue weighted by Crippen LogP contribution is -2.24. The van der Waals surface area contributed by atoms with Crippen LogP contribution in [0.15, 0.2) is 24.5 Å². The van der Waals surface area contributed by atoms with Crippen LogP contribution >= 0.6 is 0 Å². The number of carbonyl (C=O) groups excluding carboxylic acids is 1. The minimum atomic E-state index is -0.282. The maximum absolute atomic E-state index is 10.5.